The number of aliphatic hydroxyl groups is 3. The molecule has 512 valence electrons. The molecule has 0 aromatic heterocycles. The number of nitrogens with one attached hydrogen (secondary N) is 11. The Morgan fingerprint density at radius 3 is 1.31 bits per heavy atom. The number of hydrogen-bond acceptors (Lipinski definition) is 20. The highest BCUT2D eigenvalue weighted by atomic mass is 16.4. The van der Waals surface area contributed by atoms with Crippen molar-refractivity contribution >= 4 is 94.6 Å². The number of carboxylic acids is 2. The lowest BCUT2D eigenvalue weighted by atomic mass is 10.0. The van der Waals surface area contributed by atoms with Crippen LogP contribution in [0.3, 0.4) is 0 Å². The van der Waals surface area contributed by atoms with E-state index in [1.807, 2.05) is 0 Å². The number of likely N-dealkylation sites (tertiary alicyclic amines) is 2. The molecule has 2 aliphatic heterocycles. The number of hydrogen-bond donors (Lipinski definition) is 18. The third-order valence-electron chi connectivity index (χ3n) is 14.7. The Morgan fingerprint density at radius 1 is 0.462 bits per heavy atom. The van der Waals surface area contributed by atoms with Crippen molar-refractivity contribution in [3.8, 4) is 0 Å². The summed E-state index contributed by atoms with van der Waals surface area (Å²) in [5, 5.41) is 74.6. The molecular formula is C55H91N15O21. The highest BCUT2D eigenvalue weighted by Gasteiger charge is 2.42. The third kappa shape index (κ3) is 24.9. The van der Waals surface area contributed by atoms with Crippen LogP contribution in [0.2, 0.25) is 0 Å². The number of carboxylic acid groups (broad SMARTS) is 2. The first-order valence-electron chi connectivity index (χ1n) is 29.7. The molecule has 0 spiro atoms. The van der Waals surface area contributed by atoms with Crippen molar-refractivity contribution in [1.29, 1.82) is 0 Å². The Kier molecular flexibility index (Phi) is 32.3. The predicted octanol–water partition coefficient (Wildman–Crippen LogP) is -8.52. The molecule has 0 radical (unpaired) electrons. The molecule has 36 heteroatoms. The standard InChI is InChI=1S/C55H91N15O21/c1-24(2)18-31(43(57)79)64-50(86)36-12-10-17-70(36)55(91)35(23-73)67-46(82)29(9)60-47(83)30(14-15-39(75)76)63-48(84)32(19-40(77)78)65-45(81)28(8)59-44(80)27(7)61-49(85)33(21-71)66-51(87)37-13-11-16-69(37)54(90)34(22-72)62-38(74)20-58-53(89)42(26(5)6)68-52(88)41(56)25(3)4/h24-37,41-42,71-73H,10-23,56H2,1-9H3,(H2,57,79)(H,58,89)(H,59,80)(H,60,83)(H,61,85)(H,62,74)(H,63,84)(H,64,86)(H,65,81)(H,66,87)(H,67,82)(H,68,88)(H,75,76)(H,77,78)/t27-,28-,29-,30-,31-,32-,33-,34-,35-,36-,37-,41-,42-/m0/s1. The first-order chi connectivity index (χ1) is 42.5. The molecule has 0 saturated carbocycles. The second kappa shape index (κ2) is 37.5. The van der Waals surface area contributed by atoms with Crippen molar-refractivity contribution in [2.75, 3.05) is 39.5 Å². The fraction of sp³-hybridized carbons (Fsp3) is 0.709. The number of nitrogens with zero attached hydrogens (tertiary/aromatic N) is 2. The SMILES string of the molecule is CC(C)C[C@H](NC(=O)[C@@H]1CCCN1C(=O)[C@H](CO)NC(=O)[C@H](C)NC(=O)[C@H](CCC(=O)O)NC(=O)[C@H](CC(=O)O)NC(=O)[C@H](C)NC(=O)[C@H](C)NC(=O)[C@H](CO)NC(=O)[C@@H]1CCCN1C(=O)[C@H](CO)NC(=O)CNC(=O)[C@@H](NC(=O)[C@@H](N)C(C)C)C(C)C)C(N)=O. The summed E-state index contributed by atoms with van der Waals surface area (Å²) < 4.78 is 0. The maximum atomic E-state index is 13.6. The van der Waals surface area contributed by atoms with E-state index in [-0.39, 0.29) is 50.6 Å². The quantitative estimate of drug-likeness (QED) is 0.0275. The molecule has 0 aliphatic carbocycles. The average Bonchev–Trinajstić information content (AvgIpc) is 1.79. The van der Waals surface area contributed by atoms with E-state index >= 15 is 0 Å². The fourth-order valence-corrected chi connectivity index (χ4v) is 9.38. The van der Waals surface area contributed by atoms with Gasteiger partial charge in [-0.3, -0.25) is 76.7 Å². The highest BCUT2D eigenvalue weighted by Crippen LogP contribution is 2.21. The Hall–Kier alpha value is -8.64. The normalized spacial score (nSPS) is 18.2. The minimum Gasteiger partial charge on any atom is -0.481 e. The molecule has 14 amide bonds. The second-order valence-electron chi connectivity index (χ2n) is 23.3. The lowest BCUT2D eigenvalue weighted by Crippen LogP contribution is -2.60. The highest BCUT2D eigenvalue weighted by molar-refractivity contribution is 6.00. The molecule has 2 saturated heterocycles. The van der Waals surface area contributed by atoms with E-state index in [0.29, 0.717) is 6.42 Å². The second-order valence-corrected chi connectivity index (χ2v) is 23.3. The van der Waals surface area contributed by atoms with Crippen molar-refractivity contribution in [1.82, 2.24) is 68.3 Å². The van der Waals surface area contributed by atoms with E-state index in [9.17, 15) is 102 Å². The molecule has 0 aromatic carbocycles. The van der Waals surface area contributed by atoms with Crippen LogP contribution >= 0.6 is 0 Å². The summed E-state index contributed by atoms with van der Waals surface area (Å²) in [5.74, 6) is -17.3. The number of aliphatic carboxylic acids is 2. The van der Waals surface area contributed by atoms with Gasteiger partial charge in [-0.25, -0.2) is 0 Å². The zero-order valence-corrected chi connectivity index (χ0v) is 52.5. The van der Waals surface area contributed by atoms with Crippen molar-refractivity contribution in [2.24, 2.45) is 29.2 Å². The topological polar surface area (TPSA) is 565 Å². The minimum absolute atomic E-state index is 0.0313. The lowest BCUT2D eigenvalue weighted by molar-refractivity contribution is -0.143. The van der Waals surface area contributed by atoms with Crippen LogP contribution in [-0.2, 0) is 76.7 Å². The van der Waals surface area contributed by atoms with E-state index in [1.54, 1.807) is 41.5 Å². The third-order valence-corrected chi connectivity index (χ3v) is 14.7. The van der Waals surface area contributed by atoms with E-state index in [0.717, 1.165) is 30.6 Å². The van der Waals surface area contributed by atoms with Crippen LogP contribution in [0.5, 0.6) is 0 Å². The first kappa shape index (κ1) is 78.5. The van der Waals surface area contributed by atoms with Gasteiger partial charge in [-0.05, 0) is 77.0 Å². The number of primary amides is 1. The Balaban J connectivity index is 2.08. The van der Waals surface area contributed by atoms with E-state index in [4.69, 9.17) is 11.5 Å². The molecule has 36 nitrogen and oxygen atoms in total. The Labute approximate surface area is 524 Å². The van der Waals surface area contributed by atoms with Gasteiger partial charge in [0.15, 0.2) is 0 Å². The van der Waals surface area contributed by atoms with Crippen LogP contribution in [0, 0.1) is 17.8 Å². The summed E-state index contributed by atoms with van der Waals surface area (Å²) in [6.07, 6.45) is -1.57. The summed E-state index contributed by atoms with van der Waals surface area (Å²) in [5.41, 5.74) is 11.4. The Morgan fingerprint density at radius 2 is 0.879 bits per heavy atom. The van der Waals surface area contributed by atoms with Gasteiger partial charge in [0.2, 0.25) is 82.7 Å². The van der Waals surface area contributed by atoms with Gasteiger partial charge >= 0.3 is 11.9 Å². The van der Waals surface area contributed by atoms with Gasteiger partial charge in [0.1, 0.15) is 72.5 Å². The maximum Gasteiger partial charge on any atom is 0.305 e. The zero-order valence-electron chi connectivity index (χ0n) is 52.5. The van der Waals surface area contributed by atoms with Gasteiger partial charge in [-0.2, -0.15) is 0 Å². The first-order valence-corrected chi connectivity index (χ1v) is 29.7. The van der Waals surface area contributed by atoms with Crippen LogP contribution in [0.4, 0.5) is 0 Å². The lowest BCUT2D eigenvalue weighted by Gasteiger charge is -2.30. The number of amides is 14. The smallest absolute Gasteiger partial charge is 0.305 e. The zero-order chi connectivity index (χ0) is 69.3. The molecule has 2 aliphatic rings. The molecule has 0 bridgehead atoms. The van der Waals surface area contributed by atoms with Gasteiger partial charge < -0.3 is 105 Å². The average molecular weight is 1300 g/mol. The van der Waals surface area contributed by atoms with Crippen LogP contribution in [0.15, 0.2) is 0 Å². The predicted molar refractivity (Wildman–Crippen MR) is 315 cm³/mol. The van der Waals surface area contributed by atoms with Crippen molar-refractivity contribution in [2.45, 2.75) is 192 Å². The van der Waals surface area contributed by atoms with E-state index in [1.165, 1.54) is 0 Å². The fourth-order valence-electron chi connectivity index (χ4n) is 9.38. The van der Waals surface area contributed by atoms with Gasteiger partial charge in [-0.1, -0.05) is 41.5 Å². The Bertz CT molecular complexity index is 2660. The molecular weight excluding hydrogens is 1210 g/mol. The monoisotopic (exact) mass is 1300 g/mol. The van der Waals surface area contributed by atoms with Crippen LogP contribution in [-0.4, -0.2) is 248 Å². The number of rotatable bonds is 37. The molecule has 0 unspecified atom stereocenters. The van der Waals surface area contributed by atoms with Gasteiger partial charge in [0.05, 0.1) is 38.8 Å². The van der Waals surface area contributed by atoms with Gasteiger partial charge in [0, 0.05) is 19.5 Å². The van der Waals surface area contributed by atoms with Gasteiger partial charge in [-0.15, -0.1) is 0 Å². The van der Waals surface area contributed by atoms with Crippen molar-refractivity contribution < 1.29 is 102 Å². The number of carbonyl (C=O) groups is 16. The van der Waals surface area contributed by atoms with E-state index < -0.39 is 225 Å². The maximum absolute atomic E-state index is 13.6. The minimum atomic E-state index is -2.01. The number of nitrogens with two attached hydrogens (primary N) is 2. The number of aliphatic hydroxyl groups excluding tert-OH is 3. The van der Waals surface area contributed by atoms with Crippen LogP contribution in [0.1, 0.15) is 114 Å². The van der Waals surface area contributed by atoms with Crippen LogP contribution in [0.25, 0.3) is 0 Å². The molecule has 20 N–H and O–H groups in total. The summed E-state index contributed by atoms with van der Waals surface area (Å²) in [6.45, 7) is 10.0. The summed E-state index contributed by atoms with van der Waals surface area (Å²) in [4.78, 5) is 210. The summed E-state index contributed by atoms with van der Waals surface area (Å²) in [6, 6.07) is -19.0. The molecule has 2 heterocycles. The number of carbonyl (C=O) groups excluding carboxylic acids is 14. The summed E-state index contributed by atoms with van der Waals surface area (Å²) in [7, 11) is 0. The van der Waals surface area contributed by atoms with Gasteiger partial charge in [0.25, 0.3) is 0 Å². The van der Waals surface area contributed by atoms with Crippen molar-refractivity contribution in [3.63, 3.8) is 0 Å². The largest absolute Gasteiger partial charge is 0.481 e. The molecule has 91 heavy (non-hydrogen) atoms. The summed E-state index contributed by atoms with van der Waals surface area (Å²) >= 11 is 0. The molecule has 13 atom stereocenters. The van der Waals surface area contributed by atoms with Crippen LogP contribution < -0.4 is 70.0 Å². The van der Waals surface area contributed by atoms with E-state index in [2.05, 4.69) is 58.5 Å². The molecule has 2 fully saturated rings. The molecule has 2 rings (SSSR count). The van der Waals surface area contributed by atoms with Crippen molar-refractivity contribution in [3.05, 3.63) is 0 Å². The molecule has 0 aromatic rings.